The molecule has 1 atom stereocenters. The lowest BCUT2D eigenvalue weighted by molar-refractivity contribution is 0.137. The zero-order valence-corrected chi connectivity index (χ0v) is 11.2. The third-order valence-corrected chi connectivity index (χ3v) is 2.93. The number of hydrogen-bond acceptors (Lipinski definition) is 2. The van der Waals surface area contributed by atoms with Gasteiger partial charge in [0.2, 0.25) is 0 Å². The first-order chi connectivity index (χ1) is 7.69. The number of nitrogens with one attached hydrogen (secondary N) is 1. The Balaban J connectivity index is 2.73. The van der Waals surface area contributed by atoms with E-state index in [4.69, 9.17) is 4.74 Å². The fraction of sp³-hybridized carbons (Fsp3) is 0.500. The lowest BCUT2D eigenvalue weighted by atomic mass is 10.0. The van der Waals surface area contributed by atoms with Crippen LogP contribution in [0.3, 0.4) is 0 Å². The first-order valence-corrected chi connectivity index (χ1v) is 6.18. The molecule has 0 heterocycles. The molecule has 16 heavy (non-hydrogen) atoms. The highest BCUT2D eigenvalue weighted by molar-refractivity contribution is 9.10. The van der Waals surface area contributed by atoms with Crippen LogP contribution in [0.5, 0.6) is 0 Å². The van der Waals surface area contributed by atoms with Crippen molar-refractivity contribution in [2.24, 2.45) is 0 Å². The van der Waals surface area contributed by atoms with Gasteiger partial charge in [-0.2, -0.15) is 0 Å². The molecule has 1 aromatic carbocycles. The predicted molar refractivity (Wildman–Crippen MR) is 67.0 cm³/mol. The lowest BCUT2D eigenvalue weighted by Gasteiger charge is -2.17. The lowest BCUT2D eigenvalue weighted by Crippen LogP contribution is -2.19. The summed E-state index contributed by atoms with van der Waals surface area (Å²) in [4.78, 5) is 0. The number of halogens is 2. The van der Waals surface area contributed by atoms with Gasteiger partial charge in [-0.1, -0.05) is 15.9 Å². The van der Waals surface area contributed by atoms with Gasteiger partial charge in [-0.25, -0.2) is 4.39 Å². The van der Waals surface area contributed by atoms with Crippen molar-refractivity contribution in [2.45, 2.75) is 19.4 Å². The molecule has 0 saturated carbocycles. The Labute approximate surface area is 104 Å². The highest BCUT2D eigenvalue weighted by Crippen LogP contribution is 2.23. The van der Waals surface area contributed by atoms with E-state index in [9.17, 15) is 4.39 Å². The Kier molecular flexibility index (Phi) is 5.95. The summed E-state index contributed by atoms with van der Waals surface area (Å²) in [6.45, 7) is 3.28. The second-order valence-electron chi connectivity index (χ2n) is 3.49. The van der Waals surface area contributed by atoms with Crippen molar-refractivity contribution in [3.05, 3.63) is 34.1 Å². The number of ether oxygens (including phenoxy) is 1. The van der Waals surface area contributed by atoms with E-state index in [0.717, 1.165) is 10.9 Å². The third-order valence-electron chi connectivity index (χ3n) is 2.44. The molecule has 1 aromatic rings. The molecule has 0 spiro atoms. The van der Waals surface area contributed by atoms with Gasteiger partial charge >= 0.3 is 0 Å². The van der Waals surface area contributed by atoms with E-state index in [0.29, 0.717) is 18.8 Å². The van der Waals surface area contributed by atoms with Gasteiger partial charge in [0, 0.05) is 29.3 Å². The van der Waals surface area contributed by atoms with E-state index in [1.165, 1.54) is 6.07 Å². The Morgan fingerprint density at radius 1 is 1.50 bits per heavy atom. The van der Waals surface area contributed by atoms with Gasteiger partial charge in [-0.3, -0.25) is 0 Å². The smallest absolute Gasteiger partial charge is 0.128 e. The van der Waals surface area contributed by atoms with E-state index in [2.05, 4.69) is 21.2 Å². The van der Waals surface area contributed by atoms with Gasteiger partial charge in [0.15, 0.2) is 0 Å². The predicted octanol–water partition coefficient (Wildman–Crippen LogP) is 3.28. The molecule has 1 unspecified atom stereocenters. The van der Waals surface area contributed by atoms with Crippen LogP contribution in [0.2, 0.25) is 0 Å². The number of benzene rings is 1. The summed E-state index contributed by atoms with van der Waals surface area (Å²) >= 11 is 3.35. The number of hydrogen-bond donors (Lipinski definition) is 1. The highest BCUT2D eigenvalue weighted by atomic mass is 79.9. The largest absolute Gasteiger partial charge is 0.382 e. The van der Waals surface area contributed by atoms with Gasteiger partial charge in [0.05, 0.1) is 0 Å². The minimum Gasteiger partial charge on any atom is -0.382 e. The molecule has 0 saturated heterocycles. The molecule has 90 valence electrons. The molecule has 1 N–H and O–H groups in total. The summed E-state index contributed by atoms with van der Waals surface area (Å²) < 4.78 is 19.8. The van der Waals surface area contributed by atoms with Crippen molar-refractivity contribution >= 4 is 15.9 Å². The first-order valence-electron chi connectivity index (χ1n) is 5.39. The van der Waals surface area contributed by atoms with Crippen LogP contribution in [0.1, 0.15) is 24.9 Å². The van der Waals surface area contributed by atoms with Gasteiger partial charge in [0.25, 0.3) is 0 Å². The summed E-state index contributed by atoms with van der Waals surface area (Å²) in [5.74, 6) is -0.181. The van der Waals surface area contributed by atoms with Crippen molar-refractivity contribution in [3.63, 3.8) is 0 Å². The quantitative estimate of drug-likeness (QED) is 0.812. The van der Waals surface area contributed by atoms with Crippen LogP contribution >= 0.6 is 15.9 Å². The molecule has 0 aliphatic heterocycles. The Morgan fingerprint density at radius 2 is 2.25 bits per heavy atom. The zero-order valence-electron chi connectivity index (χ0n) is 9.59. The second kappa shape index (κ2) is 6.99. The third kappa shape index (κ3) is 3.85. The normalized spacial score (nSPS) is 12.8. The molecule has 0 amide bonds. The highest BCUT2D eigenvalue weighted by Gasteiger charge is 2.13. The van der Waals surface area contributed by atoms with Crippen LogP contribution in [0, 0.1) is 5.82 Å². The van der Waals surface area contributed by atoms with E-state index in [1.807, 2.05) is 20.0 Å². The minimum absolute atomic E-state index is 0.0101. The topological polar surface area (TPSA) is 21.3 Å². The maximum absolute atomic E-state index is 13.6. The molecular weight excluding hydrogens is 273 g/mol. The zero-order chi connectivity index (χ0) is 12.0. The molecule has 0 fully saturated rings. The van der Waals surface area contributed by atoms with Crippen molar-refractivity contribution in [1.82, 2.24) is 5.32 Å². The van der Waals surface area contributed by atoms with Crippen LogP contribution in [0.25, 0.3) is 0 Å². The van der Waals surface area contributed by atoms with Gasteiger partial charge in [0.1, 0.15) is 5.82 Å². The van der Waals surface area contributed by atoms with Crippen molar-refractivity contribution in [3.8, 4) is 0 Å². The van der Waals surface area contributed by atoms with Gasteiger partial charge < -0.3 is 10.1 Å². The monoisotopic (exact) mass is 289 g/mol. The van der Waals surface area contributed by atoms with E-state index >= 15 is 0 Å². The molecule has 0 aliphatic rings. The summed E-state index contributed by atoms with van der Waals surface area (Å²) in [7, 11) is 1.83. The fourth-order valence-corrected chi connectivity index (χ4v) is 1.96. The first kappa shape index (κ1) is 13.6. The van der Waals surface area contributed by atoms with Crippen molar-refractivity contribution < 1.29 is 9.13 Å². The van der Waals surface area contributed by atoms with Crippen molar-refractivity contribution in [1.29, 1.82) is 0 Å². The minimum atomic E-state index is -0.181. The van der Waals surface area contributed by atoms with Crippen LogP contribution < -0.4 is 5.32 Å². The van der Waals surface area contributed by atoms with Crippen LogP contribution in [-0.4, -0.2) is 20.3 Å². The molecule has 0 aliphatic carbocycles. The maximum Gasteiger partial charge on any atom is 0.128 e. The molecule has 1 rings (SSSR count). The Hall–Kier alpha value is -0.450. The summed E-state index contributed by atoms with van der Waals surface area (Å²) in [5.41, 5.74) is 0.677. The molecule has 2 nitrogen and oxygen atoms in total. The van der Waals surface area contributed by atoms with Crippen LogP contribution in [0.15, 0.2) is 22.7 Å². The SMILES string of the molecule is CCOCCC(NC)c1cc(Br)ccc1F. The Bertz CT molecular complexity index is 333. The molecule has 0 aromatic heterocycles. The van der Waals surface area contributed by atoms with Crippen molar-refractivity contribution in [2.75, 3.05) is 20.3 Å². The van der Waals surface area contributed by atoms with Gasteiger partial charge in [-0.05, 0) is 38.6 Å². The second-order valence-corrected chi connectivity index (χ2v) is 4.41. The number of rotatable bonds is 6. The maximum atomic E-state index is 13.6. The summed E-state index contributed by atoms with van der Waals surface area (Å²) in [5, 5.41) is 3.10. The van der Waals surface area contributed by atoms with Crippen LogP contribution in [-0.2, 0) is 4.74 Å². The fourth-order valence-electron chi connectivity index (χ4n) is 1.58. The molecule has 0 bridgehead atoms. The Morgan fingerprint density at radius 3 is 2.88 bits per heavy atom. The van der Waals surface area contributed by atoms with E-state index in [1.54, 1.807) is 6.07 Å². The van der Waals surface area contributed by atoms with Gasteiger partial charge in [-0.15, -0.1) is 0 Å². The molecular formula is C12H17BrFNO. The molecule has 0 radical (unpaired) electrons. The summed E-state index contributed by atoms with van der Waals surface area (Å²) in [6.07, 6.45) is 0.762. The van der Waals surface area contributed by atoms with E-state index in [-0.39, 0.29) is 11.9 Å². The average molecular weight is 290 g/mol. The van der Waals surface area contributed by atoms with E-state index < -0.39 is 0 Å². The summed E-state index contributed by atoms with van der Waals surface area (Å²) in [6, 6.07) is 4.98. The average Bonchev–Trinajstić information content (AvgIpc) is 2.28. The van der Waals surface area contributed by atoms with Crippen LogP contribution in [0.4, 0.5) is 4.39 Å². The standard InChI is InChI=1S/C12H17BrFNO/c1-3-16-7-6-12(15-2)10-8-9(13)4-5-11(10)14/h4-5,8,12,15H,3,6-7H2,1-2H3. The molecule has 4 heteroatoms.